The molecule has 0 bridgehead atoms. The first-order valence-electron chi connectivity index (χ1n) is 4.71. The highest BCUT2D eigenvalue weighted by Crippen LogP contribution is 2.01. The highest BCUT2D eigenvalue weighted by Gasteiger charge is 2.09. The molecule has 0 aromatic heterocycles. The molecule has 0 fully saturated rings. The molecule has 2 atom stereocenters. The molecule has 4 nitrogen and oxygen atoms in total. The standard InChI is InChI=1S/C10H19NO3/c1-7(4-10(13)14)5-11-9(3)8(2)6-12/h4,8-9,11-12H,5-6H2,1-3H3,(H,13,14). The summed E-state index contributed by atoms with van der Waals surface area (Å²) in [5.74, 6) is -0.750. The van der Waals surface area contributed by atoms with E-state index in [4.69, 9.17) is 10.2 Å². The van der Waals surface area contributed by atoms with E-state index in [9.17, 15) is 4.79 Å². The van der Waals surface area contributed by atoms with Crippen LogP contribution in [0, 0.1) is 5.92 Å². The molecule has 0 aliphatic rings. The number of aliphatic carboxylic acids is 1. The van der Waals surface area contributed by atoms with Gasteiger partial charge in [0.25, 0.3) is 0 Å². The molecule has 2 unspecified atom stereocenters. The maximum absolute atomic E-state index is 10.3. The minimum Gasteiger partial charge on any atom is -0.478 e. The molecule has 0 radical (unpaired) electrons. The van der Waals surface area contributed by atoms with E-state index in [1.165, 1.54) is 6.08 Å². The lowest BCUT2D eigenvalue weighted by Gasteiger charge is -2.19. The number of aliphatic hydroxyl groups excluding tert-OH is 1. The van der Waals surface area contributed by atoms with Crippen LogP contribution in [0.2, 0.25) is 0 Å². The Hall–Kier alpha value is -0.870. The van der Waals surface area contributed by atoms with E-state index in [2.05, 4.69) is 5.32 Å². The Morgan fingerprint density at radius 1 is 1.50 bits per heavy atom. The van der Waals surface area contributed by atoms with Gasteiger partial charge in [-0.05, 0) is 19.8 Å². The highest BCUT2D eigenvalue weighted by atomic mass is 16.4. The predicted molar refractivity (Wildman–Crippen MR) is 55.1 cm³/mol. The number of rotatable bonds is 6. The van der Waals surface area contributed by atoms with E-state index < -0.39 is 5.97 Å². The Balaban J connectivity index is 3.88. The third-order valence-corrected chi connectivity index (χ3v) is 2.21. The van der Waals surface area contributed by atoms with Crippen LogP contribution in [0.15, 0.2) is 11.6 Å². The zero-order valence-corrected chi connectivity index (χ0v) is 8.95. The van der Waals surface area contributed by atoms with Crippen LogP contribution < -0.4 is 5.32 Å². The third kappa shape index (κ3) is 5.72. The lowest BCUT2D eigenvalue weighted by Crippen LogP contribution is -2.34. The zero-order chi connectivity index (χ0) is 11.1. The average Bonchev–Trinajstić information content (AvgIpc) is 2.11. The van der Waals surface area contributed by atoms with Crippen LogP contribution in [0.4, 0.5) is 0 Å². The van der Waals surface area contributed by atoms with Gasteiger partial charge in [0.15, 0.2) is 0 Å². The fraction of sp³-hybridized carbons (Fsp3) is 0.700. The lowest BCUT2D eigenvalue weighted by atomic mass is 10.1. The van der Waals surface area contributed by atoms with Gasteiger partial charge < -0.3 is 15.5 Å². The molecule has 0 aliphatic carbocycles. The third-order valence-electron chi connectivity index (χ3n) is 2.21. The molecule has 3 N–H and O–H groups in total. The van der Waals surface area contributed by atoms with Crippen LogP contribution in [0.3, 0.4) is 0 Å². The van der Waals surface area contributed by atoms with Crippen LogP contribution in [0.1, 0.15) is 20.8 Å². The van der Waals surface area contributed by atoms with E-state index in [0.29, 0.717) is 6.54 Å². The van der Waals surface area contributed by atoms with Crippen LogP contribution in [-0.2, 0) is 4.79 Å². The molecular weight excluding hydrogens is 182 g/mol. The Labute approximate surface area is 84.6 Å². The Morgan fingerprint density at radius 2 is 2.07 bits per heavy atom. The van der Waals surface area contributed by atoms with E-state index in [1.54, 1.807) is 6.92 Å². The second-order valence-corrected chi connectivity index (χ2v) is 3.66. The molecule has 0 amide bonds. The van der Waals surface area contributed by atoms with E-state index in [1.807, 2.05) is 13.8 Å². The Bertz CT molecular complexity index is 213. The number of carboxylic acids is 1. The molecule has 0 spiro atoms. The number of aliphatic hydroxyl groups is 1. The van der Waals surface area contributed by atoms with Crippen molar-refractivity contribution in [3.63, 3.8) is 0 Å². The van der Waals surface area contributed by atoms with Crippen molar-refractivity contribution >= 4 is 5.97 Å². The van der Waals surface area contributed by atoms with Crippen LogP contribution in [0.5, 0.6) is 0 Å². The summed E-state index contributed by atoms with van der Waals surface area (Å²) in [4.78, 5) is 10.3. The van der Waals surface area contributed by atoms with Gasteiger partial charge in [0, 0.05) is 25.3 Å². The molecule has 82 valence electrons. The first-order chi connectivity index (χ1) is 6.47. The number of nitrogens with one attached hydrogen (secondary N) is 1. The second kappa shape index (κ2) is 6.56. The number of carbonyl (C=O) groups is 1. The predicted octanol–water partition coefficient (Wildman–Crippen LogP) is 0.624. The van der Waals surface area contributed by atoms with Crippen molar-refractivity contribution < 1.29 is 15.0 Å². The molecule has 0 aromatic carbocycles. The van der Waals surface area contributed by atoms with Crippen LogP contribution in [0.25, 0.3) is 0 Å². The first kappa shape index (κ1) is 13.1. The molecule has 0 aliphatic heterocycles. The van der Waals surface area contributed by atoms with Gasteiger partial charge in [-0.25, -0.2) is 4.79 Å². The second-order valence-electron chi connectivity index (χ2n) is 3.66. The topological polar surface area (TPSA) is 69.6 Å². The van der Waals surface area contributed by atoms with Crippen molar-refractivity contribution in [1.29, 1.82) is 0 Å². The SMILES string of the molecule is CC(=CC(=O)O)CNC(C)C(C)CO. The Kier molecular flexibility index (Phi) is 6.16. The summed E-state index contributed by atoms with van der Waals surface area (Å²) in [6.45, 7) is 6.34. The molecule has 4 heteroatoms. The largest absolute Gasteiger partial charge is 0.478 e. The van der Waals surface area contributed by atoms with Gasteiger partial charge in [0.1, 0.15) is 0 Å². The van der Waals surface area contributed by atoms with E-state index in [0.717, 1.165) is 5.57 Å². The highest BCUT2D eigenvalue weighted by molar-refractivity contribution is 5.80. The summed E-state index contributed by atoms with van der Waals surface area (Å²) in [5.41, 5.74) is 0.773. The van der Waals surface area contributed by atoms with Crippen molar-refractivity contribution in [1.82, 2.24) is 5.32 Å². The summed E-state index contributed by atoms with van der Waals surface area (Å²) >= 11 is 0. The van der Waals surface area contributed by atoms with Gasteiger partial charge in [0.05, 0.1) is 0 Å². The summed E-state index contributed by atoms with van der Waals surface area (Å²) in [6, 6.07) is 0.178. The average molecular weight is 201 g/mol. The summed E-state index contributed by atoms with van der Waals surface area (Å²) in [6.07, 6.45) is 1.18. The maximum atomic E-state index is 10.3. The van der Waals surface area contributed by atoms with Gasteiger partial charge in [0.2, 0.25) is 0 Å². The molecule has 0 heterocycles. The number of hydrogen-bond acceptors (Lipinski definition) is 3. The monoisotopic (exact) mass is 201 g/mol. The number of carboxylic acid groups (broad SMARTS) is 1. The first-order valence-corrected chi connectivity index (χ1v) is 4.71. The molecule has 14 heavy (non-hydrogen) atoms. The van der Waals surface area contributed by atoms with Gasteiger partial charge in [-0.15, -0.1) is 0 Å². The van der Waals surface area contributed by atoms with Gasteiger partial charge in [-0.1, -0.05) is 12.5 Å². The number of hydrogen-bond donors (Lipinski definition) is 3. The fourth-order valence-corrected chi connectivity index (χ4v) is 0.943. The fourth-order valence-electron chi connectivity index (χ4n) is 0.943. The van der Waals surface area contributed by atoms with Crippen LogP contribution in [-0.4, -0.2) is 35.4 Å². The van der Waals surface area contributed by atoms with Crippen molar-refractivity contribution in [3.05, 3.63) is 11.6 Å². The van der Waals surface area contributed by atoms with Crippen LogP contribution >= 0.6 is 0 Å². The molecule has 0 rings (SSSR count). The van der Waals surface area contributed by atoms with Crippen molar-refractivity contribution in [2.75, 3.05) is 13.2 Å². The molecule has 0 aromatic rings. The summed E-state index contributed by atoms with van der Waals surface area (Å²) in [7, 11) is 0. The van der Waals surface area contributed by atoms with Crippen molar-refractivity contribution in [2.45, 2.75) is 26.8 Å². The summed E-state index contributed by atoms with van der Waals surface area (Å²) in [5, 5.41) is 20.5. The minimum absolute atomic E-state index is 0.135. The van der Waals surface area contributed by atoms with Gasteiger partial charge >= 0.3 is 5.97 Å². The van der Waals surface area contributed by atoms with E-state index >= 15 is 0 Å². The quantitative estimate of drug-likeness (QED) is 0.551. The van der Waals surface area contributed by atoms with E-state index in [-0.39, 0.29) is 18.6 Å². The van der Waals surface area contributed by atoms with Crippen molar-refractivity contribution in [3.8, 4) is 0 Å². The van der Waals surface area contributed by atoms with Crippen molar-refractivity contribution in [2.24, 2.45) is 5.92 Å². The zero-order valence-electron chi connectivity index (χ0n) is 8.95. The normalized spacial score (nSPS) is 16.4. The maximum Gasteiger partial charge on any atom is 0.328 e. The van der Waals surface area contributed by atoms with Gasteiger partial charge in [-0.3, -0.25) is 0 Å². The minimum atomic E-state index is -0.924. The smallest absolute Gasteiger partial charge is 0.328 e. The summed E-state index contributed by atoms with van der Waals surface area (Å²) < 4.78 is 0. The molecular formula is C10H19NO3. The molecule has 0 saturated carbocycles. The lowest BCUT2D eigenvalue weighted by molar-refractivity contribution is -0.131. The Morgan fingerprint density at radius 3 is 2.50 bits per heavy atom. The molecule has 0 saturated heterocycles. The van der Waals surface area contributed by atoms with Gasteiger partial charge in [-0.2, -0.15) is 0 Å².